The second kappa shape index (κ2) is 11.9. The van der Waals surface area contributed by atoms with Crippen molar-refractivity contribution in [3.05, 3.63) is 106 Å². The molecule has 1 aliphatic rings. The number of carboxylic acids is 4. The number of hydrogen-bond donors (Lipinski definition) is 4. The van der Waals surface area contributed by atoms with Gasteiger partial charge in [0.1, 0.15) is 23.0 Å². The van der Waals surface area contributed by atoms with Crippen molar-refractivity contribution >= 4 is 29.5 Å². The lowest BCUT2D eigenvalue weighted by Crippen LogP contribution is -2.53. The zero-order valence-corrected chi connectivity index (χ0v) is 22.6. The van der Waals surface area contributed by atoms with Gasteiger partial charge in [0, 0.05) is 6.42 Å². The summed E-state index contributed by atoms with van der Waals surface area (Å²) >= 11 is 0. The smallest absolute Gasteiger partial charge is 0.410 e. The minimum atomic E-state index is -5.99. The molecule has 0 spiro atoms. The molecule has 0 bridgehead atoms. The van der Waals surface area contributed by atoms with E-state index in [4.69, 9.17) is 19.7 Å². The van der Waals surface area contributed by atoms with Crippen LogP contribution < -0.4 is 9.47 Å². The van der Waals surface area contributed by atoms with Crippen molar-refractivity contribution in [3.63, 3.8) is 0 Å². The standard InChI is InChI=1S/C30H18F6O10/c31-29(32,33)28(30(34,35)36)13-15(3-10-23(28)46-18-7-9-20(25(39)40)22(12-18)27(43)44)14-1-4-16(5-2-14)45-17-6-8-19(24(37)38)21(11-17)26(41)42/h1-12H,13H2,(H,37,38)(H,39,40)(H,41,42)(H,43,44). The highest BCUT2D eigenvalue weighted by molar-refractivity contribution is 6.02. The van der Waals surface area contributed by atoms with Crippen LogP contribution in [0.5, 0.6) is 17.2 Å². The number of carboxylic acid groups (broad SMARTS) is 4. The van der Waals surface area contributed by atoms with Crippen molar-refractivity contribution in [2.45, 2.75) is 18.8 Å². The summed E-state index contributed by atoms with van der Waals surface area (Å²) in [7, 11) is 0. The molecule has 1 aliphatic carbocycles. The molecule has 10 nitrogen and oxygen atoms in total. The van der Waals surface area contributed by atoms with E-state index in [1.807, 2.05) is 0 Å². The summed E-state index contributed by atoms with van der Waals surface area (Å²) in [5.41, 5.74) is -7.94. The van der Waals surface area contributed by atoms with Crippen LogP contribution in [0.1, 0.15) is 53.4 Å². The van der Waals surface area contributed by atoms with Gasteiger partial charge in [-0.25, -0.2) is 19.2 Å². The fourth-order valence-corrected chi connectivity index (χ4v) is 4.61. The van der Waals surface area contributed by atoms with Crippen molar-refractivity contribution in [2.24, 2.45) is 5.41 Å². The molecule has 0 aliphatic heterocycles. The minimum absolute atomic E-state index is 0.0175. The molecular weight excluding hydrogens is 634 g/mol. The van der Waals surface area contributed by atoms with Crippen LogP contribution in [-0.4, -0.2) is 56.7 Å². The highest BCUT2D eigenvalue weighted by Crippen LogP contribution is 2.60. The lowest BCUT2D eigenvalue weighted by Gasteiger charge is -2.40. The van der Waals surface area contributed by atoms with Crippen LogP contribution in [0.2, 0.25) is 0 Å². The van der Waals surface area contributed by atoms with E-state index < -0.39 is 87.4 Å². The Morgan fingerprint density at radius 1 is 0.565 bits per heavy atom. The number of rotatable bonds is 9. The predicted octanol–water partition coefficient (Wildman–Crippen LogP) is 7.13. The van der Waals surface area contributed by atoms with Crippen molar-refractivity contribution < 1.29 is 75.4 Å². The molecule has 46 heavy (non-hydrogen) atoms. The lowest BCUT2D eigenvalue weighted by atomic mass is 9.73. The van der Waals surface area contributed by atoms with Gasteiger partial charge in [-0.05, 0) is 65.7 Å². The van der Waals surface area contributed by atoms with Gasteiger partial charge in [-0.2, -0.15) is 26.3 Å². The molecule has 3 aromatic rings. The first-order valence-corrected chi connectivity index (χ1v) is 12.6. The summed E-state index contributed by atoms with van der Waals surface area (Å²) in [4.78, 5) is 45.4. The SMILES string of the molecule is O=C(O)c1ccc(OC2=CC=C(c3ccc(Oc4ccc(C(=O)O)c(C(=O)O)c4)cc3)CC2(C(F)(F)F)C(F)(F)F)cc1C(=O)O. The predicted molar refractivity (Wildman–Crippen MR) is 143 cm³/mol. The molecule has 0 unspecified atom stereocenters. The van der Waals surface area contributed by atoms with Gasteiger partial charge in [0.15, 0.2) is 0 Å². The van der Waals surface area contributed by atoms with E-state index in [2.05, 4.69) is 0 Å². The van der Waals surface area contributed by atoms with Crippen LogP contribution in [-0.2, 0) is 0 Å². The summed E-state index contributed by atoms with van der Waals surface area (Å²) in [5, 5.41) is 36.8. The zero-order valence-electron chi connectivity index (χ0n) is 22.6. The molecule has 240 valence electrons. The van der Waals surface area contributed by atoms with Gasteiger partial charge >= 0.3 is 36.2 Å². The highest BCUT2D eigenvalue weighted by atomic mass is 19.4. The average Bonchev–Trinajstić information content (AvgIpc) is 2.96. The molecule has 4 rings (SSSR count). The van der Waals surface area contributed by atoms with Gasteiger partial charge in [-0.15, -0.1) is 0 Å². The van der Waals surface area contributed by atoms with Crippen LogP contribution in [0.15, 0.2) is 78.6 Å². The Morgan fingerprint density at radius 2 is 0.978 bits per heavy atom. The normalized spacial score (nSPS) is 14.5. The monoisotopic (exact) mass is 652 g/mol. The van der Waals surface area contributed by atoms with E-state index in [0.29, 0.717) is 18.2 Å². The summed E-state index contributed by atoms with van der Waals surface area (Å²) in [6.07, 6.45) is -12.3. The van der Waals surface area contributed by atoms with E-state index in [1.165, 1.54) is 12.1 Å². The van der Waals surface area contributed by atoms with Crippen molar-refractivity contribution in [1.82, 2.24) is 0 Å². The maximum atomic E-state index is 14.4. The van der Waals surface area contributed by atoms with Crippen molar-refractivity contribution in [2.75, 3.05) is 0 Å². The molecule has 0 amide bonds. The molecule has 0 fully saturated rings. The summed E-state index contributed by atoms with van der Waals surface area (Å²) in [6, 6.07) is 9.58. The molecule has 16 heteroatoms. The summed E-state index contributed by atoms with van der Waals surface area (Å²) < 4.78 is 97.2. The molecule has 0 aromatic heterocycles. The van der Waals surface area contributed by atoms with Crippen LogP contribution in [0.3, 0.4) is 0 Å². The van der Waals surface area contributed by atoms with Gasteiger partial charge in [-0.1, -0.05) is 18.2 Å². The number of aromatic carboxylic acids is 4. The molecule has 3 aromatic carbocycles. The van der Waals surface area contributed by atoms with E-state index >= 15 is 0 Å². The zero-order chi connectivity index (χ0) is 34.2. The number of benzene rings is 3. The third-order valence-corrected chi connectivity index (χ3v) is 6.87. The minimum Gasteiger partial charge on any atom is -0.478 e. The van der Waals surface area contributed by atoms with E-state index in [1.54, 1.807) is 0 Å². The summed E-state index contributed by atoms with van der Waals surface area (Å²) in [6.45, 7) is 0. The van der Waals surface area contributed by atoms with Crippen molar-refractivity contribution in [3.8, 4) is 17.2 Å². The molecule has 4 N–H and O–H groups in total. The van der Waals surface area contributed by atoms with E-state index in [9.17, 15) is 55.7 Å². The Hall–Kier alpha value is -5.80. The molecule has 0 radical (unpaired) electrons. The Balaban J connectivity index is 1.71. The van der Waals surface area contributed by atoms with Crippen LogP contribution >= 0.6 is 0 Å². The lowest BCUT2D eigenvalue weighted by molar-refractivity contribution is -0.331. The number of ether oxygens (including phenoxy) is 2. The van der Waals surface area contributed by atoms with Gasteiger partial charge in [0.25, 0.3) is 0 Å². The van der Waals surface area contributed by atoms with Crippen LogP contribution in [0.25, 0.3) is 5.57 Å². The fraction of sp³-hybridized carbons (Fsp3) is 0.133. The first-order valence-electron chi connectivity index (χ1n) is 12.6. The first kappa shape index (κ1) is 33.1. The largest absolute Gasteiger partial charge is 0.478 e. The number of allylic oxidation sites excluding steroid dienone is 4. The van der Waals surface area contributed by atoms with Gasteiger partial charge in [-0.3, -0.25) is 0 Å². The van der Waals surface area contributed by atoms with Crippen LogP contribution in [0.4, 0.5) is 26.3 Å². The quantitative estimate of drug-likeness (QED) is 0.175. The van der Waals surface area contributed by atoms with Gasteiger partial charge in [0.2, 0.25) is 5.41 Å². The first-order chi connectivity index (χ1) is 21.4. The molecule has 0 atom stereocenters. The molecule has 0 saturated carbocycles. The highest BCUT2D eigenvalue weighted by Gasteiger charge is 2.74. The summed E-state index contributed by atoms with van der Waals surface area (Å²) in [5.74, 6) is -9.13. The fourth-order valence-electron chi connectivity index (χ4n) is 4.61. The Labute approximate surface area is 253 Å². The van der Waals surface area contributed by atoms with Crippen LogP contribution in [0, 0.1) is 5.41 Å². The van der Waals surface area contributed by atoms with Crippen molar-refractivity contribution in [1.29, 1.82) is 0 Å². The number of alkyl halides is 6. The maximum absolute atomic E-state index is 14.4. The Bertz CT molecular complexity index is 1790. The number of hydrogen-bond acceptors (Lipinski definition) is 6. The van der Waals surface area contributed by atoms with Gasteiger partial charge in [0.05, 0.1) is 22.3 Å². The third-order valence-electron chi connectivity index (χ3n) is 6.87. The number of carbonyl (C=O) groups is 4. The van der Waals surface area contributed by atoms with Gasteiger partial charge < -0.3 is 29.9 Å². The number of halogens is 6. The third kappa shape index (κ3) is 6.22. The Kier molecular flexibility index (Phi) is 8.60. The topological polar surface area (TPSA) is 168 Å². The van der Waals surface area contributed by atoms with E-state index in [0.717, 1.165) is 42.5 Å². The van der Waals surface area contributed by atoms with E-state index in [-0.39, 0.29) is 17.1 Å². The molecular formula is C30H18F6O10. The maximum Gasteiger partial charge on any atom is 0.410 e. The second-order valence-electron chi connectivity index (χ2n) is 9.66. The molecule has 0 saturated heterocycles. The Morgan fingerprint density at radius 3 is 1.39 bits per heavy atom. The average molecular weight is 652 g/mol. The second-order valence-corrected chi connectivity index (χ2v) is 9.66. The molecule has 0 heterocycles.